The number of nitrogens with zero attached hydrogens (tertiary/aromatic N) is 4. The molecule has 3 aromatic rings. The summed E-state index contributed by atoms with van der Waals surface area (Å²) < 4.78 is 16.6. The monoisotopic (exact) mass is 456 g/mol. The second kappa shape index (κ2) is 8.12. The topological polar surface area (TPSA) is 121 Å². The van der Waals surface area contributed by atoms with Gasteiger partial charge >= 0.3 is 0 Å². The quantitative estimate of drug-likeness (QED) is 0.426. The first-order chi connectivity index (χ1) is 15.5. The van der Waals surface area contributed by atoms with Gasteiger partial charge in [-0.05, 0) is 43.2 Å². The Morgan fingerprint density at radius 1 is 1.16 bits per heavy atom. The zero-order valence-electron chi connectivity index (χ0n) is 16.7. The summed E-state index contributed by atoms with van der Waals surface area (Å²) in [6, 6.07) is 9.32. The Labute approximate surface area is 186 Å². The van der Waals surface area contributed by atoms with Gasteiger partial charge in [0.1, 0.15) is 5.56 Å². The summed E-state index contributed by atoms with van der Waals surface area (Å²) in [5.74, 6) is 1.40. The molecule has 0 bridgehead atoms. The molecule has 2 aliphatic rings. The molecule has 1 atom stereocenters. The van der Waals surface area contributed by atoms with E-state index < -0.39 is 10.8 Å². The Kier molecular flexibility index (Phi) is 5.14. The second-order valence-electron chi connectivity index (χ2n) is 7.52. The summed E-state index contributed by atoms with van der Waals surface area (Å²) >= 11 is 5.98. The lowest BCUT2D eigenvalue weighted by atomic mass is 9.97. The lowest BCUT2D eigenvalue weighted by molar-refractivity contribution is -0.385. The van der Waals surface area contributed by atoms with E-state index in [4.69, 9.17) is 25.5 Å². The molecule has 0 radical (unpaired) electrons. The Morgan fingerprint density at radius 3 is 2.84 bits per heavy atom. The second-order valence-corrected chi connectivity index (χ2v) is 7.96. The maximum Gasteiger partial charge on any atom is 0.282 e. The molecule has 0 saturated carbocycles. The predicted octanol–water partition coefficient (Wildman–Crippen LogP) is 4.05. The van der Waals surface area contributed by atoms with Gasteiger partial charge < -0.3 is 18.8 Å². The predicted molar refractivity (Wildman–Crippen MR) is 112 cm³/mol. The zero-order chi connectivity index (χ0) is 22.2. The third-order valence-electron chi connectivity index (χ3n) is 5.50. The molecular formula is C21H17ClN4O6. The molecule has 0 spiro atoms. The van der Waals surface area contributed by atoms with Gasteiger partial charge in [-0.3, -0.25) is 14.9 Å². The fourth-order valence-corrected chi connectivity index (χ4v) is 4.09. The van der Waals surface area contributed by atoms with Crippen LogP contribution in [0.25, 0.3) is 11.5 Å². The number of carbonyl (C=O) groups is 1. The van der Waals surface area contributed by atoms with Crippen LogP contribution in [0.15, 0.2) is 40.8 Å². The van der Waals surface area contributed by atoms with E-state index in [0.29, 0.717) is 48.4 Å². The van der Waals surface area contributed by atoms with Crippen LogP contribution in [0.2, 0.25) is 5.02 Å². The molecule has 3 heterocycles. The van der Waals surface area contributed by atoms with E-state index in [1.54, 1.807) is 23.1 Å². The highest BCUT2D eigenvalue weighted by atomic mass is 35.5. The molecule has 1 unspecified atom stereocenters. The van der Waals surface area contributed by atoms with Gasteiger partial charge in [-0.1, -0.05) is 11.6 Å². The first-order valence-electron chi connectivity index (χ1n) is 9.96. The van der Waals surface area contributed by atoms with Gasteiger partial charge in [-0.2, -0.15) is 0 Å². The van der Waals surface area contributed by atoms with Crippen molar-refractivity contribution in [1.29, 1.82) is 0 Å². The first kappa shape index (κ1) is 20.3. The number of nitro benzene ring substituents is 1. The average Bonchev–Trinajstić information content (AvgIpc) is 3.47. The lowest BCUT2D eigenvalue weighted by Gasteiger charge is -2.31. The normalized spacial score (nSPS) is 17.4. The highest BCUT2D eigenvalue weighted by Gasteiger charge is 2.32. The van der Waals surface area contributed by atoms with Crippen LogP contribution < -0.4 is 9.47 Å². The number of rotatable bonds is 4. The molecule has 1 fully saturated rings. The van der Waals surface area contributed by atoms with Gasteiger partial charge in [-0.25, -0.2) is 0 Å². The number of aromatic nitrogens is 2. The van der Waals surface area contributed by atoms with Crippen LogP contribution in [0.4, 0.5) is 5.69 Å². The van der Waals surface area contributed by atoms with Gasteiger partial charge in [0.05, 0.1) is 10.8 Å². The molecule has 5 rings (SSSR count). The maximum atomic E-state index is 13.1. The van der Waals surface area contributed by atoms with Crippen molar-refractivity contribution in [3.05, 3.63) is 63.0 Å². The first-order valence-corrected chi connectivity index (χ1v) is 10.3. The number of likely N-dealkylation sites (tertiary alicyclic amines) is 1. The van der Waals surface area contributed by atoms with E-state index >= 15 is 0 Å². The number of nitro groups is 1. The van der Waals surface area contributed by atoms with Crippen molar-refractivity contribution in [3.8, 4) is 23.0 Å². The number of amides is 1. The van der Waals surface area contributed by atoms with Crippen molar-refractivity contribution in [2.75, 3.05) is 19.9 Å². The molecule has 11 heteroatoms. The van der Waals surface area contributed by atoms with Crippen LogP contribution in [-0.2, 0) is 0 Å². The zero-order valence-corrected chi connectivity index (χ0v) is 17.4. The number of halogens is 1. The molecule has 32 heavy (non-hydrogen) atoms. The van der Waals surface area contributed by atoms with E-state index in [9.17, 15) is 14.9 Å². The summed E-state index contributed by atoms with van der Waals surface area (Å²) in [7, 11) is 0. The minimum absolute atomic E-state index is 0.0327. The molecular weight excluding hydrogens is 440 g/mol. The third kappa shape index (κ3) is 3.73. The van der Waals surface area contributed by atoms with E-state index in [2.05, 4.69) is 10.2 Å². The molecule has 10 nitrogen and oxygen atoms in total. The van der Waals surface area contributed by atoms with Crippen LogP contribution in [-0.4, -0.2) is 45.8 Å². The number of benzene rings is 2. The summed E-state index contributed by atoms with van der Waals surface area (Å²) in [4.78, 5) is 25.4. The van der Waals surface area contributed by atoms with E-state index in [1.165, 1.54) is 18.2 Å². The molecule has 1 aromatic heterocycles. The van der Waals surface area contributed by atoms with Gasteiger partial charge in [-0.15, -0.1) is 10.2 Å². The Morgan fingerprint density at radius 2 is 2.00 bits per heavy atom. The third-order valence-corrected chi connectivity index (χ3v) is 5.74. The highest BCUT2D eigenvalue weighted by Crippen LogP contribution is 2.36. The summed E-state index contributed by atoms with van der Waals surface area (Å²) in [6.45, 7) is 0.956. The van der Waals surface area contributed by atoms with Crippen molar-refractivity contribution in [2.45, 2.75) is 18.8 Å². The number of ether oxygens (including phenoxy) is 2. The molecule has 2 aromatic carbocycles. The van der Waals surface area contributed by atoms with Crippen LogP contribution in [0.3, 0.4) is 0 Å². The molecule has 0 N–H and O–H groups in total. The number of fused-ring (bicyclic) bond motifs is 1. The van der Waals surface area contributed by atoms with Crippen LogP contribution >= 0.6 is 11.6 Å². The van der Waals surface area contributed by atoms with Gasteiger partial charge in [0.15, 0.2) is 11.5 Å². The lowest BCUT2D eigenvalue weighted by Crippen LogP contribution is -2.39. The van der Waals surface area contributed by atoms with Gasteiger partial charge in [0.2, 0.25) is 18.6 Å². The minimum Gasteiger partial charge on any atom is -0.454 e. The summed E-state index contributed by atoms with van der Waals surface area (Å²) in [6.07, 6.45) is 1.46. The van der Waals surface area contributed by atoms with E-state index in [1.807, 2.05) is 0 Å². The van der Waals surface area contributed by atoms with Crippen molar-refractivity contribution >= 4 is 23.2 Å². The fraction of sp³-hybridized carbons (Fsp3) is 0.286. The fourth-order valence-electron chi connectivity index (χ4n) is 3.92. The SMILES string of the molecule is O=C(c1cc(Cl)ccc1[N+](=O)[O-])N1CCCC(c2nnc(-c3ccc4c(c3)OCO4)o2)C1. The summed E-state index contributed by atoms with van der Waals surface area (Å²) in [5.41, 5.74) is 0.394. The molecule has 1 amide bonds. The smallest absolute Gasteiger partial charge is 0.282 e. The van der Waals surface area contributed by atoms with Crippen molar-refractivity contribution in [2.24, 2.45) is 0 Å². The Balaban J connectivity index is 1.36. The standard InChI is InChI=1S/C21H17ClN4O6/c22-14-4-5-16(26(28)29)15(9-14)21(27)25-7-1-2-13(10-25)20-24-23-19(32-20)12-3-6-17-18(8-12)31-11-30-17/h3-6,8-9,13H,1-2,7,10-11H2. The van der Waals surface area contributed by atoms with Crippen molar-refractivity contribution in [1.82, 2.24) is 15.1 Å². The number of hydrogen-bond donors (Lipinski definition) is 0. The molecule has 0 aliphatic carbocycles. The molecule has 164 valence electrons. The number of hydrogen-bond acceptors (Lipinski definition) is 8. The number of carbonyl (C=O) groups excluding carboxylic acids is 1. The maximum absolute atomic E-state index is 13.1. The minimum atomic E-state index is -0.583. The Bertz CT molecular complexity index is 1210. The van der Waals surface area contributed by atoms with Gasteiger partial charge in [0.25, 0.3) is 11.6 Å². The van der Waals surface area contributed by atoms with Crippen LogP contribution in [0.1, 0.15) is 35.0 Å². The Hall–Kier alpha value is -3.66. The van der Waals surface area contributed by atoms with Crippen molar-refractivity contribution < 1.29 is 23.6 Å². The average molecular weight is 457 g/mol. The molecule has 1 saturated heterocycles. The van der Waals surface area contributed by atoms with Crippen LogP contribution in [0.5, 0.6) is 11.5 Å². The van der Waals surface area contributed by atoms with E-state index in [-0.39, 0.29) is 29.0 Å². The highest BCUT2D eigenvalue weighted by molar-refractivity contribution is 6.31. The van der Waals surface area contributed by atoms with E-state index in [0.717, 1.165) is 6.42 Å². The van der Waals surface area contributed by atoms with Gasteiger partial charge in [0, 0.05) is 29.7 Å². The van der Waals surface area contributed by atoms with Crippen molar-refractivity contribution in [3.63, 3.8) is 0 Å². The number of piperidine rings is 1. The summed E-state index contributed by atoms with van der Waals surface area (Å²) in [5, 5.41) is 19.9. The largest absolute Gasteiger partial charge is 0.454 e. The molecule has 2 aliphatic heterocycles. The van der Waals surface area contributed by atoms with Crippen LogP contribution in [0, 0.1) is 10.1 Å².